The van der Waals surface area contributed by atoms with E-state index in [1.807, 2.05) is 23.1 Å². The van der Waals surface area contributed by atoms with Crippen LogP contribution in [0.1, 0.15) is 34.5 Å². The van der Waals surface area contributed by atoms with Crippen molar-refractivity contribution < 1.29 is 9.53 Å². The molecule has 2 atom stereocenters. The Kier molecular flexibility index (Phi) is 5.11. The van der Waals surface area contributed by atoms with Gasteiger partial charge in [0.15, 0.2) is 5.11 Å². The van der Waals surface area contributed by atoms with Gasteiger partial charge in [0, 0.05) is 16.0 Å². The summed E-state index contributed by atoms with van der Waals surface area (Å²) in [7, 11) is 0. The number of carbonyl (C=O) groups is 1. The number of rotatable bonds is 5. The average Bonchev–Trinajstić information content (AvgIpc) is 3.13. The van der Waals surface area contributed by atoms with Crippen LogP contribution in [0.3, 0.4) is 0 Å². The second kappa shape index (κ2) is 7.27. The monoisotopic (exact) mass is 361 g/mol. The minimum atomic E-state index is -0.276. The maximum atomic E-state index is 12.0. The van der Waals surface area contributed by atoms with Crippen LogP contribution in [0, 0.1) is 6.92 Å². The molecule has 2 aromatic rings. The summed E-state index contributed by atoms with van der Waals surface area (Å²) in [5.41, 5.74) is 0.905. The van der Waals surface area contributed by atoms with Gasteiger partial charge < -0.3 is 15.0 Å². The van der Waals surface area contributed by atoms with E-state index >= 15 is 0 Å². The third-order valence-corrected chi connectivity index (χ3v) is 5.28. The molecule has 0 aromatic carbocycles. The molecule has 1 saturated heterocycles. The van der Waals surface area contributed by atoms with Crippen molar-refractivity contribution >= 4 is 34.6 Å². The van der Waals surface area contributed by atoms with Crippen molar-refractivity contribution in [1.29, 1.82) is 0 Å². The zero-order chi connectivity index (χ0) is 17.1. The molecule has 0 spiro atoms. The number of esters is 1. The molecule has 0 aliphatic carbocycles. The summed E-state index contributed by atoms with van der Waals surface area (Å²) < 4.78 is 5.10. The number of aromatic nitrogens is 1. The second-order valence-corrected chi connectivity index (χ2v) is 7.21. The maximum absolute atomic E-state index is 12.0. The molecule has 7 heteroatoms. The lowest BCUT2D eigenvalue weighted by Gasteiger charge is -2.25. The molecule has 0 bridgehead atoms. The van der Waals surface area contributed by atoms with Crippen LogP contribution in [0.15, 0.2) is 36.5 Å². The number of nitrogens with zero attached hydrogens (tertiary/aromatic N) is 2. The Morgan fingerprint density at radius 2 is 2.25 bits per heavy atom. The second-order valence-electron chi connectivity index (χ2n) is 5.51. The molecule has 5 nitrogen and oxygen atoms in total. The number of pyridine rings is 1. The van der Waals surface area contributed by atoms with Crippen molar-refractivity contribution in [2.75, 3.05) is 13.2 Å². The van der Waals surface area contributed by atoms with Gasteiger partial charge >= 0.3 is 5.97 Å². The molecule has 1 N–H and O–H groups in total. The number of hydrogen-bond donors (Lipinski definition) is 1. The fourth-order valence-corrected chi connectivity index (χ4v) is 4.18. The first kappa shape index (κ1) is 16.9. The molecule has 0 amide bonds. The van der Waals surface area contributed by atoms with Crippen molar-refractivity contribution in [3.63, 3.8) is 0 Å². The van der Waals surface area contributed by atoms with Gasteiger partial charge in [-0.1, -0.05) is 6.07 Å². The highest BCUT2D eigenvalue weighted by atomic mass is 32.1. The zero-order valence-electron chi connectivity index (χ0n) is 13.6. The van der Waals surface area contributed by atoms with Crippen LogP contribution in [-0.4, -0.2) is 34.1 Å². The predicted octanol–water partition coefficient (Wildman–Crippen LogP) is 2.99. The van der Waals surface area contributed by atoms with E-state index in [-0.39, 0.29) is 24.6 Å². The van der Waals surface area contributed by atoms with Crippen molar-refractivity contribution in [1.82, 2.24) is 15.2 Å². The van der Waals surface area contributed by atoms with E-state index < -0.39 is 0 Å². The first-order valence-electron chi connectivity index (χ1n) is 7.80. The number of thiophene rings is 1. The molecule has 126 valence electrons. The summed E-state index contributed by atoms with van der Waals surface area (Å²) in [5, 5.41) is 3.87. The number of ether oxygens (including phenoxy) is 1. The maximum Gasteiger partial charge on any atom is 0.325 e. The minimum Gasteiger partial charge on any atom is -0.465 e. The quantitative estimate of drug-likeness (QED) is 0.653. The Bertz CT molecular complexity index is 732. The third-order valence-electron chi connectivity index (χ3n) is 3.86. The minimum absolute atomic E-state index is 0.0736. The Morgan fingerprint density at radius 3 is 2.88 bits per heavy atom. The van der Waals surface area contributed by atoms with Crippen LogP contribution in [0.4, 0.5) is 0 Å². The Morgan fingerprint density at radius 1 is 1.42 bits per heavy atom. The summed E-state index contributed by atoms with van der Waals surface area (Å²) >= 11 is 7.20. The lowest BCUT2D eigenvalue weighted by Crippen LogP contribution is -2.35. The van der Waals surface area contributed by atoms with Crippen LogP contribution in [0.5, 0.6) is 0 Å². The van der Waals surface area contributed by atoms with Gasteiger partial charge in [-0.25, -0.2) is 0 Å². The fraction of sp³-hybridized carbons (Fsp3) is 0.353. The molecule has 1 aliphatic rings. The molecule has 24 heavy (non-hydrogen) atoms. The van der Waals surface area contributed by atoms with E-state index in [0.717, 1.165) is 10.6 Å². The van der Waals surface area contributed by atoms with Crippen LogP contribution in [0.25, 0.3) is 0 Å². The fourth-order valence-electron chi connectivity index (χ4n) is 2.84. The van der Waals surface area contributed by atoms with Gasteiger partial charge in [-0.05, 0) is 50.3 Å². The van der Waals surface area contributed by atoms with Crippen molar-refractivity contribution in [3.8, 4) is 0 Å². The molecular weight excluding hydrogens is 342 g/mol. The smallest absolute Gasteiger partial charge is 0.325 e. The zero-order valence-corrected chi connectivity index (χ0v) is 15.2. The lowest BCUT2D eigenvalue weighted by atomic mass is 10.0. The van der Waals surface area contributed by atoms with E-state index in [1.165, 1.54) is 4.88 Å². The number of hydrogen-bond acceptors (Lipinski definition) is 5. The lowest BCUT2D eigenvalue weighted by molar-refractivity contribution is -0.143. The van der Waals surface area contributed by atoms with E-state index in [4.69, 9.17) is 17.0 Å². The molecule has 3 rings (SSSR count). The number of nitrogens with one attached hydrogen (secondary N) is 1. The first-order chi connectivity index (χ1) is 11.6. The molecule has 3 heterocycles. The molecular formula is C17H19N3O2S2. The number of thiocarbonyl (C=S) groups is 1. The largest absolute Gasteiger partial charge is 0.465 e. The Labute approximate surface area is 150 Å². The van der Waals surface area contributed by atoms with Gasteiger partial charge in [0.1, 0.15) is 6.54 Å². The van der Waals surface area contributed by atoms with Crippen LogP contribution < -0.4 is 5.32 Å². The van der Waals surface area contributed by atoms with Crippen LogP contribution in [0.2, 0.25) is 0 Å². The number of carbonyl (C=O) groups excluding carboxylic acids is 1. The molecule has 1 fully saturated rings. The van der Waals surface area contributed by atoms with Gasteiger partial charge in [-0.15, -0.1) is 11.3 Å². The molecule has 2 aromatic heterocycles. The molecule has 0 unspecified atom stereocenters. The summed E-state index contributed by atoms with van der Waals surface area (Å²) in [6.45, 7) is 4.36. The van der Waals surface area contributed by atoms with Gasteiger partial charge in [0.2, 0.25) is 0 Å². The summed E-state index contributed by atoms with van der Waals surface area (Å²) in [6.07, 6.45) is 1.77. The standard InChI is InChI=1S/C17H19N3O2S2/c1-3-22-14(21)10-20-16(13-8-7-11(2)24-13)15(19-17(20)23)12-6-4-5-9-18-12/h4-9,15-16H,3,10H2,1-2H3,(H,19,23)/t15-,16-/m1/s1. The molecule has 0 saturated carbocycles. The normalized spacial score (nSPS) is 20.1. The topological polar surface area (TPSA) is 54.5 Å². The van der Waals surface area contributed by atoms with Gasteiger partial charge in [-0.3, -0.25) is 9.78 Å². The van der Waals surface area contributed by atoms with Crippen LogP contribution >= 0.6 is 23.6 Å². The Hall–Kier alpha value is -1.99. The van der Waals surface area contributed by atoms with E-state index in [0.29, 0.717) is 11.7 Å². The van der Waals surface area contributed by atoms with Gasteiger partial charge in [0.25, 0.3) is 0 Å². The predicted molar refractivity (Wildman–Crippen MR) is 97.8 cm³/mol. The summed E-state index contributed by atoms with van der Waals surface area (Å²) in [6, 6.07) is 9.83. The van der Waals surface area contributed by atoms with Gasteiger partial charge in [0.05, 0.1) is 24.4 Å². The van der Waals surface area contributed by atoms with Gasteiger partial charge in [-0.2, -0.15) is 0 Å². The SMILES string of the molecule is CCOC(=O)CN1C(=S)N[C@H](c2ccccn2)[C@H]1c1ccc(C)s1. The third kappa shape index (κ3) is 3.42. The van der Waals surface area contributed by atoms with Crippen LogP contribution in [-0.2, 0) is 9.53 Å². The highest BCUT2D eigenvalue weighted by Gasteiger charge is 2.41. The van der Waals surface area contributed by atoms with Crippen molar-refractivity contribution in [3.05, 3.63) is 52.0 Å². The number of aryl methyl sites for hydroxylation is 1. The highest BCUT2D eigenvalue weighted by molar-refractivity contribution is 7.80. The summed E-state index contributed by atoms with van der Waals surface area (Å²) in [4.78, 5) is 20.7. The Balaban J connectivity index is 1.95. The van der Waals surface area contributed by atoms with E-state index in [9.17, 15) is 4.79 Å². The van der Waals surface area contributed by atoms with Crippen molar-refractivity contribution in [2.24, 2.45) is 0 Å². The highest BCUT2D eigenvalue weighted by Crippen LogP contribution is 2.40. The van der Waals surface area contributed by atoms with E-state index in [2.05, 4.69) is 29.4 Å². The van der Waals surface area contributed by atoms with E-state index in [1.54, 1.807) is 24.5 Å². The summed E-state index contributed by atoms with van der Waals surface area (Å²) in [5.74, 6) is -0.276. The molecule has 1 aliphatic heterocycles. The average molecular weight is 361 g/mol. The first-order valence-corrected chi connectivity index (χ1v) is 9.02. The van der Waals surface area contributed by atoms with Crippen molar-refractivity contribution in [2.45, 2.75) is 25.9 Å². The molecule has 0 radical (unpaired) electrons.